The SMILES string of the molecule is Cc1cc(C)c2cc(CNCc3cnn4ccccc34)[nH]c2c1.O=C(O)C(F)(F)F. The number of hydrogen-bond acceptors (Lipinski definition) is 3. The molecule has 0 aliphatic heterocycles. The molecule has 0 amide bonds. The number of aromatic amines is 1. The first-order valence-corrected chi connectivity index (χ1v) is 9.16. The number of carboxylic acids is 1. The van der Waals surface area contributed by atoms with Gasteiger partial charge in [-0.2, -0.15) is 18.3 Å². The molecule has 1 aromatic carbocycles. The number of nitrogens with zero attached hydrogens (tertiary/aromatic N) is 2. The lowest BCUT2D eigenvalue weighted by molar-refractivity contribution is -0.192. The molecule has 4 rings (SSSR count). The summed E-state index contributed by atoms with van der Waals surface area (Å²) in [5.41, 5.74) is 7.42. The van der Waals surface area contributed by atoms with E-state index in [4.69, 9.17) is 9.90 Å². The minimum Gasteiger partial charge on any atom is -0.475 e. The Morgan fingerprint density at radius 2 is 1.93 bits per heavy atom. The number of benzene rings is 1. The number of hydrogen-bond donors (Lipinski definition) is 3. The van der Waals surface area contributed by atoms with Crippen LogP contribution in [0.25, 0.3) is 16.4 Å². The average molecular weight is 418 g/mol. The van der Waals surface area contributed by atoms with Crippen LogP contribution in [-0.2, 0) is 17.9 Å². The average Bonchev–Trinajstić information content (AvgIpc) is 3.26. The van der Waals surface area contributed by atoms with E-state index >= 15 is 0 Å². The van der Waals surface area contributed by atoms with E-state index in [1.165, 1.54) is 33.3 Å². The van der Waals surface area contributed by atoms with Gasteiger partial charge >= 0.3 is 12.1 Å². The van der Waals surface area contributed by atoms with Crippen LogP contribution in [0, 0.1) is 13.8 Å². The zero-order valence-electron chi connectivity index (χ0n) is 16.4. The zero-order chi connectivity index (χ0) is 21.9. The Bertz CT molecular complexity index is 1180. The fourth-order valence-corrected chi connectivity index (χ4v) is 3.21. The number of H-pyrrole nitrogens is 1. The summed E-state index contributed by atoms with van der Waals surface area (Å²) >= 11 is 0. The van der Waals surface area contributed by atoms with Crippen molar-refractivity contribution in [2.45, 2.75) is 33.1 Å². The van der Waals surface area contributed by atoms with Gasteiger partial charge in [0.1, 0.15) is 0 Å². The summed E-state index contributed by atoms with van der Waals surface area (Å²) in [4.78, 5) is 12.4. The first kappa shape index (κ1) is 21.4. The molecular formula is C21H21F3N4O2. The van der Waals surface area contributed by atoms with Gasteiger partial charge in [0.15, 0.2) is 0 Å². The molecule has 0 saturated carbocycles. The number of carboxylic acid groups (broad SMARTS) is 1. The standard InChI is InChI=1S/C19H20N4.C2HF3O2/c1-13-7-14(2)17-9-16(22-18(17)8-13)12-20-10-15-11-21-23-6-4-3-5-19(15)23;3-2(4,5)1(6)7/h3-9,11,20,22H,10,12H2,1-2H3;(H,6,7). The van der Waals surface area contributed by atoms with E-state index in [-0.39, 0.29) is 0 Å². The van der Waals surface area contributed by atoms with Crippen molar-refractivity contribution < 1.29 is 23.1 Å². The summed E-state index contributed by atoms with van der Waals surface area (Å²) in [6, 6.07) is 12.8. The highest BCUT2D eigenvalue weighted by atomic mass is 19.4. The first-order chi connectivity index (χ1) is 14.1. The normalized spacial score (nSPS) is 11.5. The molecule has 0 aliphatic carbocycles. The van der Waals surface area contributed by atoms with Crippen LogP contribution in [0.4, 0.5) is 13.2 Å². The summed E-state index contributed by atoms with van der Waals surface area (Å²) < 4.78 is 33.6. The van der Waals surface area contributed by atoms with E-state index in [2.05, 4.69) is 53.5 Å². The van der Waals surface area contributed by atoms with Gasteiger partial charge in [0.25, 0.3) is 0 Å². The summed E-state index contributed by atoms with van der Waals surface area (Å²) in [6.45, 7) is 5.92. The molecule has 0 saturated heterocycles. The van der Waals surface area contributed by atoms with Crippen LogP contribution < -0.4 is 5.32 Å². The molecule has 0 bridgehead atoms. The molecule has 0 radical (unpaired) electrons. The Morgan fingerprint density at radius 1 is 1.20 bits per heavy atom. The number of nitrogens with one attached hydrogen (secondary N) is 2. The van der Waals surface area contributed by atoms with Crippen molar-refractivity contribution in [3.05, 3.63) is 71.2 Å². The van der Waals surface area contributed by atoms with Gasteiger partial charge in [-0.05, 0) is 49.2 Å². The molecule has 4 aromatic rings. The molecule has 0 atom stereocenters. The zero-order valence-corrected chi connectivity index (χ0v) is 16.4. The third-order valence-corrected chi connectivity index (χ3v) is 4.52. The first-order valence-electron chi connectivity index (χ1n) is 9.16. The van der Waals surface area contributed by atoms with E-state index in [9.17, 15) is 13.2 Å². The third kappa shape index (κ3) is 4.98. The summed E-state index contributed by atoms with van der Waals surface area (Å²) in [6.07, 6.45) is -1.18. The monoisotopic (exact) mass is 418 g/mol. The van der Waals surface area contributed by atoms with Crippen LogP contribution in [0.15, 0.2) is 48.8 Å². The topological polar surface area (TPSA) is 82.4 Å². The third-order valence-electron chi connectivity index (χ3n) is 4.52. The van der Waals surface area contributed by atoms with Gasteiger partial charge in [0.05, 0.1) is 11.7 Å². The van der Waals surface area contributed by atoms with Crippen molar-refractivity contribution >= 4 is 22.4 Å². The second-order valence-electron chi connectivity index (χ2n) is 6.94. The van der Waals surface area contributed by atoms with Crippen LogP contribution in [0.1, 0.15) is 22.4 Å². The molecule has 3 aromatic heterocycles. The molecular weight excluding hydrogens is 397 g/mol. The van der Waals surface area contributed by atoms with Crippen LogP contribution in [0.3, 0.4) is 0 Å². The molecule has 0 unspecified atom stereocenters. The molecule has 0 aliphatic rings. The number of aryl methyl sites for hydroxylation is 2. The van der Waals surface area contributed by atoms with Gasteiger partial charge in [-0.15, -0.1) is 0 Å². The number of fused-ring (bicyclic) bond motifs is 2. The van der Waals surface area contributed by atoms with E-state index in [0.717, 1.165) is 18.6 Å². The van der Waals surface area contributed by atoms with Gasteiger partial charge in [0, 0.05) is 41.4 Å². The maximum Gasteiger partial charge on any atom is 0.490 e. The highest BCUT2D eigenvalue weighted by Crippen LogP contribution is 2.21. The lowest BCUT2D eigenvalue weighted by Crippen LogP contribution is -2.21. The molecule has 3 N–H and O–H groups in total. The number of aromatic nitrogens is 3. The summed E-state index contributed by atoms with van der Waals surface area (Å²) in [5.74, 6) is -2.76. The summed E-state index contributed by atoms with van der Waals surface area (Å²) in [5, 5.41) is 16.3. The Balaban J connectivity index is 0.000000318. The lowest BCUT2D eigenvalue weighted by atomic mass is 10.1. The van der Waals surface area contributed by atoms with E-state index in [1.54, 1.807) is 0 Å². The van der Waals surface area contributed by atoms with E-state index in [0.29, 0.717) is 0 Å². The van der Waals surface area contributed by atoms with Crippen LogP contribution >= 0.6 is 0 Å². The van der Waals surface area contributed by atoms with Crippen molar-refractivity contribution in [3.63, 3.8) is 0 Å². The Hall–Kier alpha value is -3.33. The second-order valence-corrected chi connectivity index (χ2v) is 6.94. The maximum absolute atomic E-state index is 10.6. The van der Waals surface area contributed by atoms with Crippen molar-refractivity contribution in [2.75, 3.05) is 0 Å². The molecule has 3 heterocycles. The van der Waals surface area contributed by atoms with Crippen molar-refractivity contribution in [1.82, 2.24) is 19.9 Å². The van der Waals surface area contributed by atoms with Crippen LogP contribution in [0.5, 0.6) is 0 Å². The number of halogens is 3. The smallest absolute Gasteiger partial charge is 0.475 e. The number of rotatable bonds is 4. The fourth-order valence-electron chi connectivity index (χ4n) is 3.21. The van der Waals surface area contributed by atoms with Gasteiger partial charge < -0.3 is 15.4 Å². The van der Waals surface area contributed by atoms with Gasteiger partial charge in [-0.25, -0.2) is 9.31 Å². The molecule has 0 spiro atoms. The minimum atomic E-state index is -5.08. The Kier molecular flexibility index (Phi) is 6.12. The summed E-state index contributed by atoms with van der Waals surface area (Å²) in [7, 11) is 0. The predicted octanol–water partition coefficient (Wildman–Crippen LogP) is 4.36. The van der Waals surface area contributed by atoms with Crippen molar-refractivity contribution in [1.29, 1.82) is 0 Å². The van der Waals surface area contributed by atoms with Gasteiger partial charge in [-0.3, -0.25) is 0 Å². The highest BCUT2D eigenvalue weighted by molar-refractivity contribution is 5.84. The van der Waals surface area contributed by atoms with Gasteiger partial charge in [-0.1, -0.05) is 12.1 Å². The fraction of sp³-hybridized carbons (Fsp3) is 0.238. The highest BCUT2D eigenvalue weighted by Gasteiger charge is 2.38. The minimum absolute atomic E-state index is 0.806. The molecule has 9 heteroatoms. The van der Waals surface area contributed by atoms with Gasteiger partial charge in [0.2, 0.25) is 0 Å². The quantitative estimate of drug-likeness (QED) is 0.460. The van der Waals surface area contributed by atoms with Crippen LogP contribution in [0.2, 0.25) is 0 Å². The second kappa shape index (κ2) is 8.58. The molecule has 0 fully saturated rings. The number of aliphatic carboxylic acids is 1. The van der Waals surface area contributed by atoms with Crippen LogP contribution in [-0.4, -0.2) is 31.9 Å². The maximum atomic E-state index is 10.6. The molecule has 30 heavy (non-hydrogen) atoms. The predicted molar refractivity (Wildman–Crippen MR) is 107 cm³/mol. The number of pyridine rings is 1. The number of carbonyl (C=O) groups is 1. The van der Waals surface area contributed by atoms with Crippen molar-refractivity contribution in [3.8, 4) is 0 Å². The largest absolute Gasteiger partial charge is 0.490 e. The molecule has 6 nitrogen and oxygen atoms in total. The Morgan fingerprint density at radius 3 is 2.63 bits per heavy atom. The Labute approximate surface area is 170 Å². The van der Waals surface area contributed by atoms with Crippen molar-refractivity contribution in [2.24, 2.45) is 0 Å². The van der Waals surface area contributed by atoms with E-state index < -0.39 is 12.1 Å². The number of alkyl halides is 3. The van der Waals surface area contributed by atoms with E-state index in [1.807, 2.05) is 29.0 Å². The lowest BCUT2D eigenvalue weighted by Gasteiger charge is -2.02. The molecule has 158 valence electrons.